The highest BCUT2D eigenvalue weighted by Gasteiger charge is 2.87. The van der Waals surface area contributed by atoms with Crippen molar-refractivity contribution < 1.29 is 48.3 Å². The van der Waals surface area contributed by atoms with Gasteiger partial charge in [0.1, 0.15) is 0 Å². The quantitative estimate of drug-likeness (QED) is 0.604. The number of hydrogen-bond donors (Lipinski definition) is 1. The fourth-order valence-corrected chi connectivity index (χ4v) is 1.52. The average Bonchev–Trinajstić information content (AvgIpc) is 2.36. The minimum atomic E-state index is -7.44. The van der Waals surface area contributed by atoms with E-state index in [1.807, 2.05) is 0 Å². The highest BCUT2D eigenvalue weighted by Crippen LogP contribution is 2.60. The van der Waals surface area contributed by atoms with Crippen molar-refractivity contribution >= 4 is 5.69 Å². The van der Waals surface area contributed by atoms with Crippen LogP contribution in [0.3, 0.4) is 0 Å². The van der Waals surface area contributed by atoms with Crippen LogP contribution in [-0.4, -0.2) is 23.9 Å². The molecule has 1 aromatic carbocycles. The third-order valence-electron chi connectivity index (χ3n) is 2.84. The van der Waals surface area contributed by atoms with Crippen molar-refractivity contribution in [2.75, 3.05) is 5.73 Å². The third-order valence-corrected chi connectivity index (χ3v) is 2.84. The van der Waals surface area contributed by atoms with Crippen LogP contribution in [0, 0.1) is 0 Å². The van der Waals surface area contributed by atoms with Crippen molar-refractivity contribution in [2.24, 2.45) is 0 Å². The van der Waals surface area contributed by atoms with E-state index in [1.165, 1.54) is 0 Å². The maximum atomic E-state index is 13.6. The molecule has 132 valence electrons. The lowest BCUT2D eigenvalue weighted by molar-refractivity contribution is -0.424. The first-order valence-electron chi connectivity index (χ1n) is 5.44. The maximum absolute atomic E-state index is 13.6. The number of nitrogen functional groups attached to an aromatic ring is 1. The Morgan fingerprint density at radius 1 is 0.609 bits per heavy atom. The molecule has 0 aromatic heterocycles. The normalized spacial score (nSPS) is 14.9. The van der Waals surface area contributed by atoms with E-state index in [1.54, 1.807) is 0 Å². The molecule has 0 unspecified atom stereocenters. The summed E-state index contributed by atoms with van der Waals surface area (Å²) in [7, 11) is 0. The van der Waals surface area contributed by atoms with Gasteiger partial charge in [0.25, 0.3) is 0 Å². The lowest BCUT2D eigenvalue weighted by Crippen LogP contribution is -2.65. The van der Waals surface area contributed by atoms with Crippen LogP contribution in [0.25, 0.3) is 0 Å². The minimum absolute atomic E-state index is 0.102. The molecule has 12 heteroatoms. The molecule has 0 aliphatic heterocycles. The molecule has 1 nitrogen and oxygen atoms in total. The van der Waals surface area contributed by atoms with Gasteiger partial charge in [0.2, 0.25) is 0 Å². The number of nitrogens with two attached hydrogens (primary N) is 1. The zero-order valence-corrected chi connectivity index (χ0v) is 10.5. The monoisotopic (exact) mass is 361 g/mol. The number of anilines is 1. The third kappa shape index (κ3) is 2.57. The van der Waals surface area contributed by atoms with Crippen molar-refractivity contribution in [1.29, 1.82) is 0 Å². The second-order valence-corrected chi connectivity index (χ2v) is 4.38. The standard InChI is InChI=1S/C11H6F11N/c12-7(13,5-3-1-2-4-6(5)23)8(14,15)9(16,17)10(18,19)11(20,21)22/h1-4H,23H2. The number of hydrogen-bond acceptors (Lipinski definition) is 1. The number of benzene rings is 1. The fourth-order valence-electron chi connectivity index (χ4n) is 1.52. The molecule has 0 aliphatic carbocycles. The van der Waals surface area contributed by atoms with Gasteiger partial charge < -0.3 is 5.73 Å². The van der Waals surface area contributed by atoms with Gasteiger partial charge in [-0.25, -0.2) is 0 Å². The lowest BCUT2D eigenvalue weighted by Gasteiger charge is -2.37. The topological polar surface area (TPSA) is 26.0 Å². The molecule has 0 bridgehead atoms. The molecule has 1 rings (SSSR count). The average molecular weight is 361 g/mol. The fraction of sp³-hybridized carbons (Fsp3) is 0.455. The zero-order chi connectivity index (χ0) is 18.5. The summed E-state index contributed by atoms with van der Waals surface area (Å²) >= 11 is 0. The SMILES string of the molecule is Nc1ccccc1C(F)(F)C(F)(F)C(F)(F)C(F)(F)C(F)(F)F. The van der Waals surface area contributed by atoms with Crippen molar-refractivity contribution in [3.05, 3.63) is 29.8 Å². The van der Waals surface area contributed by atoms with E-state index in [0.29, 0.717) is 12.1 Å². The highest BCUT2D eigenvalue weighted by atomic mass is 19.4. The summed E-state index contributed by atoms with van der Waals surface area (Å²) in [5, 5.41) is 0. The minimum Gasteiger partial charge on any atom is -0.398 e. The Labute approximate surface area is 120 Å². The molecule has 0 amide bonds. The van der Waals surface area contributed by atoms with E-state index in [0.717, 1.165) is 6.07 Å². The van der Waals surface area contributed by atoms with Crippen molar-refractivity contribution in [3.8, 4) is 0 Å². The Balaban J connectivity index is 3.53. The first-order valence-corrected chi connectivity index (χ1v) is 5.44. The van der Waals surface area contributed by atoms with Crippen LogP contribution in [0.15, 0.2) is 24.3 Å². The molecule has 0 aliphatic rings. The van der Waals surface area contributed by atoms with E-state index < -0.39 is 41.1 Å². The summed E-state index contributed by atoms with van der Waals surface area (Å²) in [4.78, 5) is 0. The highest BCUT2D eigenvalue weighted by molar-refractivity contribution is 5.50. The summed E-state index contributed by atoms with van der Waals surface area (Å²) in [6.45, 7) is 0. The summed E-state index contributed by atoms with van der Waals surface area (Å²) in [6, 6.07) is 2.22. The van der Waals surface area contributed by atoms with Crippen LogP contribution in [-0.2, 0) is 5.92 Å². The zero-order valence-electron chi connectivity index (χ0n) is 10.5. The summed E-state index contributed by atoms with van der Waals surface area (Å²) < 4.78 is 141. The largest absolute Gasteiger partial charge is 0.460 e. The molecule has 0 fully saturated rings. The second kappa shape index (κ2) is 5.13. The van der Waals surface area contributed by atoms with E-state index in [-0.39, 0.29) is 6.07 Å². The first-order chi connectivity index (χ1) is 10.0. The maximum Gasteiger partial charge on any atom is 0.460 e. The van der Waals surface area contributed by atoms with Crippen LogP contribution in [0.2, 0.25) is 0 Å². The van der Waals surface area contributed by atoms with Crippen molar-refractivity contribution in [2.45, 2.75) is 29.9 Å². The van der Waals surface area contributed by atoms with Crippen LogP contribution >= 0.6 is 0 Å². The molecule has 0 spiro atoms. The molecule has 23 heavy (non-hydrogen) atoms. The smallest absolute Gasteiger partial charge is 0.398 e. The number of rotatable bonds is 4. The van der Waals surface area contributed by atoms with E-state index in [9.17, 15) is 48.3 Å². The van der Waals surface area contributed by atoms with E-state index >= 15 is 0 Å². The Hall–Kier alpha value is -1.75. The van der Waals surface area contributed by atoms with Gasteiger partial charge >= 0.3 is 29.9 Å². The molecular weight excluding hydrogens is 355 g/mol. The van der Waals surface area contributed by atoms with Crippen molar-refractivity contribution in [1.82, 2.24) is 0 Å². The molecule has 0 saturated carbocycles. The molecule has 0 heterocycles. The predicted octanol–water partition coefficient (Wildman–Crippen LogP) is 4.83. The Bertz CT molecular complexity index is 576. The van der Waals surface area contributed by atoms with Gasteiger partial charge in [-0.05, 0) is 6.07 Å². The van der Waals surface area contributed by atoms with Gasteiger partial charge in [0.15, 0.2) is 0 Å². The molecule has 0 atom stereocenters. The van der Waals surface area contributed by atoms with E-state index in [4.69, 9.17) is 5.73 Å². The van der Waals surface area contributed by atoms with Crippen LogP contribution < -0.4 is 5.73 Å². The van der Waals surface area contributed by atoms with Gasteiger partial charge in [-0.15, -0.1) is 0 Å². The molecule has 2 N–H and O–H groups in total. The Kier molecular flexibility index (Phi) is 4.30. The number of halogens is 11. The Morgan fingerprint density at radius 2 is 1.04 bits per heavy atom. The summed E-state index contributed by atoms with van der Waals surface area (Å²) in [6.07, 6.45) is -7.18. The van der Waals surface area contributed by atoms with Crippen LogP contribution in [0.4, 0.5) is 54.0 Å². The lowest BCUT2D eigenvalue weighted by atomic mass is 9.92. The molecule has 0 saturated heterocycles. The molecule has 0 radical (unpaired) electrons. The summed E-state index contributed by atoms with van der Waals surface area (Å²) in [5.74, 6) is -28.0. The van der Waals surface area contributed by atoms with Gasteiger partial charge in [-0.1, -0.05) is 18.2 Å². The summed E-state index contributed by atoms with van der Waals surface area (Å²) in [5.41, 5.74) is 1.67. The van der Waals surface area contributed by atoms with Crippen molar-refractivity contribution in [3.63, 3.8) is 0 Å². The predicted molar refractivity (Wildman–Crippen MR) is 55.6 cm³/mol. The van der Waals surface area contributed by atoms with Gasteiger partial charge in [0, 0.05) is 5.69 Å². The Morgan fingerprint density at radius 3 is 1.43 bits per heavy atom. The van der Waals surface area contributed by atoms with Gasteiger partial charge in [-0.3, -0.25) is 0 Å². The molecular formula is C11H6F11N. The van der Waals surface area contributed by atoms with Gasteiger partial charge in [-0.2, -0.15) is 48.3 Å². The number of alkyl halides is 11. The van der Waals surface area contributed by atoms with Crippen LogP contribution in [0.1, 0.15) is 5.56 Å². The first kappa shape index (κ1) is 19.3. The van der Waals surface area contributed by atoms with Crippen LogP contribution in [0.5, 0.6) is 0 Å². The second-order valence-electron chi connectivity index (χ2n) is 4.38. The van der Waals surface area contributed by atoms with E-state index in [2.05, 4.69) is 0 Å². The molecule has 1 aromatic rings. The van der Waals surface area contributed by atoms with Gasteiger partial charge in [0.05, 0.1) is 5.56 Å². The number of para-hydroxylation sites is 1.